The molecular formula is C14H22N2O4. The summed E-state index contributed by atoms with van der Waals surface area (Å²) in [6, 6.07) is 0.626. The molecular weight excluding hydrogens is 260 g/mol. The smallest absolute Gasteiger partial charge is 0.326 e. The fraction of sp³-hybridized carbons (Fsp3) is 0.643. The molecule has 2 N–H and O–H groups in total. The fourth-order valence-electron chi connectivity index (χ4n) is 1.66. The number of hydrogen-bond donors (Lipinski definition) is 2. The SMILES string of the molecule is CC(C)CC(NC(=O)c1cc(C(C)(C)C)on1)C(=O)O. The highest BCUT2D eigenvalue weighted by atomic mass is 16.5. The van der Waals surface area contributed by atoms with Crippen LogP contribution in [0.5, 0.6) is 0 Å². The van der Waals surface area contributed by atoms with Crippen LogP contribution in [0.15, 0.2) is 10.6 Å². The number of carboxylic acids is 1. The van der Waals surface area contributed by atoms with Gasteiger partial charge in [0.15, 0.2) is 5.69 Å². The van der Waals surface area contributed by atoms with Crippen molar-refractivity contribution in [3.63, 3.8) is 0 Å². The highest BCUT2D eigenvalue weighted by molar-refractivity contribution is 5.94. The van der Waals surface area contributed by atoms with Gasteiger partial charge in [-0.2, -0.15) is 0 Å². The Morgan fingerprint density at radius 2 is 2.00 bits per heavy atom. The molecule has 1 aromatic heterocycles. The molecule has 1 heterocycles. The molecule has 1 amide bonds. The van der Waals surface area contributed by atoms with E-state index in [0.29, 0.717) is 12.2 Å². The number of carbonyl (C=O) groups excluding carboxylic acids is 1. The van der Waals surface area contributed by atoms with Gasteiger partial charge >= 0.3 is 5.97 Å². The molecule has 0 fully saturated rings. The number of amides is 1. The predicted molar refractivity (Wildman–Crippen MR) is 73.5 cm³/mol. The van der Waals surface area contributed by atoms with Crippen molar-refractivity contribution < 1.29 is 19.2 Å². The average molecular weight is 282 g/mol. The first-order valence-corrected chi connectivity index (χ1v) is 6.62. The van der Waals surface area contributed by atoms with Crippen molar-refractivity contribution >= 4 is 11.9 Å². The van der Waals surface area contributed by atoms with E-state index in [0.717, 1.165) is 0 Å². The van der Waals surface area contributed by atoms with Crippen molar-refractivity contribution in [3.05, 3.63) is 17.5 Å². The molecule has 0 radical (unpaired) electrons. The van der Waals surface area contributed by atoms with Gasteiger partial charge < -0.3 is 14.9 Å². The quantitative estimate of drug-likeness (QED) is 0.863. The molecule has 1 atom stereocenters. The van der Waals surface area contributed by atoms with Crippen LogP contribution in [0.2, 0.25) is 0 Å². The third kappa shape index (κ3) is 4.36. The Morgan fingerprint density at radius 1 is 1.40 bits per heavy atom. The summed E-state index contributed by atoms with van der Waals surface area (Å²) in [5.74, 6) is -0.832. The molecule has 0 aromatic carbocycles. The predicted octanol–water partition coefficient (Wildman–Crippen LogP) is 2.20. The minimum absolute atomic E-state index is 0.102. The monoisotopic (exact) mass is 282 g/mol. The largest absolute Gasteiger partial charge is 0.480 e. The number of hydrogen-bond acceptors (Lipinski definition) is 4. The molecule has 0 saturated heterocycles. The average Bonchev–Trinajstić information content (AvgIpc) is 2.75. The van der Waals surface area contributed by atoms with Gasteiger partial charge in [0.25, 0.3) is 5.91 Å². The van der Waals surface area contributed by atoms with Crippen LogP contribution in [-0.4, -0.2) is 28.2 Å². The van der Waals surface area contributed by atoms with E-state index >= 15 is 0 Å². The molecule has 0 saturated carbocycles. The van der Waals surface area contributed by atoms with Crippen molar-refractivity contribution in [2.45, 2.75) is 52.5 Å². The number of aliphatic carboxylic acids is 1. The lowest BCUT2D eigenvalue weighted by molar-refractivity contribution is -0.139. The second kappa shape index (κ2) is 6.07. The maximum absolute atomic E-state index is 12.0. The van der Waals surface area contributed by atoms with Crippen LogP contribution in [-0.2, 0) is 10.2 Å². The van der Waals surface area contributed by atoms with Crippen LogP contribution in [0, 0.1) is 5.92 Å². The molecule has 1 aromatic rings. The normalized spacial score (nSPS) is 13.3. The van der Waals surface area contributed by atoms with Gasteiger partial charge in [0, 0.05) is 11.5 Å². The van der Waals surface area contributed by atoms with E-state index in [9.17, 15) is 9.59 Å². The van der Waals surface area contributed by atoms with Crippen LogP contribution in [0.25, 0.3) is 0 Å². The fourth-order valence-corrected chi connectivity index (χ4v) is 1.66. The lowest BCUT2D eigenvalue weighted by atomic mass is 9.93. The number of carboxylic acid groups (broad SMARTS) is 1. The summed E-state index contributed by atoms with van der Waals surface area (Å²) < 4.78 is 5.12. The van der Waals surface area contributed by atoms with Crippen molar-refractivity contribution in [2.75, 3.05) is 0 Å². The van der Waals surface area contributed by atoms with Gasteiger partial charge in [-0.05, 0) is 12.3 Å². The van der Waals surface area contributed by atoms with Crippen molar-refractivity contribution in [2.24, 2.45) is 5.92 Å². The molecule has 1 rings (SSSR count). The van der Waals surface area contributed by atoms with Crippen LogP contribution in [0.4, 0.5) is 0 Å². The van der Waals surface area contributed by atoms with Gasteiger partial charge in [-0.15, -0.1) is 0 Å². The molecule has 6 nitrogen and oxygen atoms in total. The first kappa shape index (κ1) is 16.2. The van der Waals surface area contributed by atoms with Gasteiger partial charge in [0.1, 0.15) is 11.8 Å². The Morgan fingerprint density at radius 3 is 2.40 bits per heavy atom. The lowest BCUT2D eigenvalue weighted by Gasteiger charge is -2.15. The second-order valence-corrected chi connectivity index (χ2v) is 6.32. The molecule has 20 heavy (non-hydrogen) atoms. The second-order valence-electron chi connectivity index (χ2n) is 6.32. The number of aromatic nitrogens is 1. The Hall–Kier alpha value is -1.85. The number of nitrogens with zero attached hydrogens (tertiary/aromatic N) is 1. The van der Waals surface area contributed by atoms with Crippen LogP contribution in [0.3, 0.4) is 0 Å². The van der Waals surface area contributed by atoms with E-state index in [4.69, 9.17) is 9.63 Å². The molecule has 112 valence electrons. The first-order valence-electron chi connectivity index (χ1n) is 6.62. The van der Waals surface area contributed by atoms with Gasteiger partial charge in [0.05, 0.1) is 0 Å². The molecule has 0 aliphatic carbocycles. The Bertz CT molecular complexity index is 486. The zero-order chi connectivity index (χ0) is 15.5. The van der Waals surface area contributed by atoms with E-state index in [1.165, 1.54) is 0 Å². The van der Waals surface area contributed by atoms with Crippen LogP contribution < -0.4 is 5.32 Å². The van der Waals surface area contributed by atoms with E-state index < -0.39 is 17.9 Å². The number of rotatable bonds is 5. The lowest BCUT2D eigenvalue weighted by Crippen LogP contribution is -2.41. The van der Waals surface area contributed by atoms with E-state index in [-0.39, 0.29) is 17.0 Å². The summed E-state index contributed by atoms with van der Waals surface area (Å²) >= 11 is 0. The first-order chi connectivity index (χ1) is 9.11. The third-order valence-electron chi connectivity index (χ3n) is 2.79. The summed E-state index contributed by atoms with van der Waals surface area (Å²) in [6.07, 6.45) is 0.366. The summed E-state index contributed by atoms with van der Waals surface area (Å²) in [7, 11) is 0. The molecule has 6 heteroatoms. The van der Waals surface area contributed by atoms with Crippen LogP contribution in [0.1, 0.15) is 57.3 Å². The van der Waals surface area contributed by atoms with E-state index in [1.807, 2.05) is 34.6 Å². The van der Waals surface area contributed by atoms with Gasteiger partial charge in [-0.3, -0.25) is 4.79 Å². The Kier molecular flexibility index (Phi) is 4.92. The molecule has 0 spiro atoms. The highest BCUT2D eigenvalue weighted by Crippen LogP contribution is 2.22. The minimum atomic E-state index is -1.05. The zero-order valence-corrected chi connectivity index (χ0v) is 12.6. The maximum atomic E-state index is 12.0. The van der Waals surface area contributed by atoms with Gasteiger partial charge in [0.2, 0.25) is 0 Å². The molecule has 0 aliphatic rings. The molecule has 0 bridgehead atoms. The van der Waals surface area contributed by atoms with Crippen molar-refractivity contribution in [1.29, 1.82) is 0 Å². The van der Waals surface area contributed by atoms with Crippen molar-refractivity contribution in [1.82, 2.24) is 10.5 Å². The number of carbonyl (C=O) groups is 2. The summed E-state index contributed by atoms with van der Waals surface area (Å²) in [5.41, 5.74) is -0.153. The van der Waals surface area contributed by atoms with Crippen molar-refractivity contribution in [3.8, 4) is 0 Å². The minimum Gasteiger partial charge on any atom is -0.480 e. The van der Waals surface area contributed by atoms with Gasteiger partial charge in [-0.1, -0.05) is 39.8 Å². The van der Waals surface area contributed by atoms with Gasteiger partial charge in [-0.25, -0.2) is 4.79 Å². The topological polar surface area (TPSA) is 92.4 Å². The van der Waals surface area contributed by atoms with Crippen LogP contribution >= 0.6 is 0 Å². The summed E-state index contributed by atoms with van der Waals surface area (Å²) in [6.45, 7) is 9.61. The zero-order valence-electron chi connectivity index (χ0n) is 12.6. The maximum Gasteiger partial charge on any atom is 0.326 e. The Labute approximate surface area is 118 Å². The molecule has 0 aliphatic heterocycles. The molecule has 1 unspecified atom stereocenters. The summed E-state index contributed by atoms with van der Waals surface area (Å²) in [5, 5.41) is 15.3. The summed E-state index contributed by atoms with van der Waals surface area (Å²) in [4.78, 5) is 23.1. The number of nitrogens with one attached hydrogen (secondary N) is 1. The highest BCUT2D eigenvalue weighted by Gasteiger charge is 2.25. The Balaban J connectivity index is 2.79. The van der Waals surface area contributed by atoms with E-state index in [1.54, 1.807) is 6.07 Å². The van der Waals surface area contributed by atoms with E-state index in [2.05, 4.69) is 10.5 Å². The third-order valence-corrected chi connectivity index (χ3v) is 2.79. The standard InChI is InChI=1S/C14H22N2O4/c1-8(2)6-10(13(18)19)15-12(17)9-7-11(20-16-9)14(3,4)5/h7-8,10H,6H2,1-5H3,(H,15,17)(H,18,19).